The zero-order chi connectivity index (χ0) is 12.3. The maximum Gasteiger partial charge on any atom is 0.122 e. The van der Waals surface area contributed by atoms with Crippen LogP contribution in [0.3, 0.4) is 0 Å². The zero-order valence-corrected chi connectivity index (χ0v) is 11.0. The van der Waals surface area contributed by atoms with Crippen LogP contribution >= 0.6 is 23.6 Å². The van der Waals surface area contributed by atoms with Gasteiger partial charge in [0.05, 0.1) is 35.3 Å². The lowest BCUT2D eigenvalue weighted by Crippen LogP contribution is -2.18. The number of thiocarbonyl (C=S) groups is 1. The van der Waals surface area contributed by atoms with Crippen molar-refractivity contribution in [3.63, 3.8) is 0 Å². The number of rotatable bonds is 4. The Morgan fingerprint density at radius 2 is 2.29 bits per heavy atom. The molecule has 6 heteroatoms. The Morgan fingerprint density at radius 3 is 2.82 bits per heavy atom. The van der Waals surface area contributed by atoms with E-state index in [4.69, 9.17) is 18.0 Å². The number of hydrogen-bond acceptors (Lipinski definition) is 5. The summed E-state index contributed by atoms with van der Waals surface area (Å²) in [5, 5.41) is 2.04. The zero-order valence-electron chi connectivity index (χ0n) is 9.33. The first-order valence-electron chi connectivity index (χ1n) is 5.01. The number of aromatic nitrogens is 2. The minimum Gasteiger partial charge on any atom is -0.388 e. The molecule has 0 radical (unpaired) electrons. The molecule has 2 rings (SSSR count). The molecule has 0 unspecified atom stereocenters. The van der Waals surface area contributed by atoms with Crippen LogP contribution in [0.25, 0.3) is 0 Å². The van der Waals surface area contributed by atoms with E-state index in [0.717, 1.165) is 17.9 Å². The molecule has 0 aromatic carbocycles. The molecule has 0 aliphatic rings. The molecule has 0 atom stereocenters. The average Bonchev–Trinajstić information content (AvgIpc) is 2.82. The van der Waals surface area contributed by atoms with Crippen LogP contribution in [-0.4, -0.2) is 22.0 Å². The Morgan fingerprint density at radius 1 is 1.47 bits per heavy atom. The molecule has 0 saturated heterocycles. The maximum atomic E-state index is 5.50. The highest BCUT2D eigenvalue weighted by atomic mass is 32.1. The van der Waals surface area contributed by atoms with Crippen molar-refractivity contribution in [2.45, 2.75) is 6.54 Å². The summed E-state index contributed by atoms with van der Waals surface area (Å²) in [4.78, 5) is 10.8. The maximum absolute atomic E-state index is 5.50. The van der Waals surface area contributed by atoms with Crippen LogP contribution in [0, 0.1) is 0 Å². The van der Waals surface area contributed by atoms with E-state index in [2.05, 4.69) is 14.9 Å². The number of thiazole rings is 1. The second-order valence-corrected chi connectivity index (χ2v) is 4.76. The number of nitrogens with two attached hydrogens (primary N) is 1. The molecule has 0 aliphatic carbocycles. The van der Waals surface area contributed by atoms with Crippen molar-refractivity contribution in [2.75, 3.05) is 11.9 Å². The first kappa shape index (κ1) is 11.9. The van der Waals surface area contributed by atoms with Crippen molar-refractivity contribution in [1.29, 1.82) is 0 Å². The van der Waals surface area contributed by atoms with E-state index in [-0.39, 0.29) is 0 Å². The Hall–Kier alpha value is -1.53. The van der Waals surface area contributed by atoms with Crippen molar-refractivity contribution >= 4 is 34.2 Å². The normalized spacial score (nSPS) is 10.2. The lowest BCUT2D eigenvalue weighted by Gasteiger charge is -2.17. The van der Waals surface area contributed by atoms with Gasteiger partial charge in [-0.3, -0.25) is 4.98 Å². The van der Waals surface area contributed by atoms with Gasteiger partial charge >= 0.3 is 0 Å². The Bertz CT molecular complexity index is 493. The quantitative estimate of drug-likeness (QED) is 0.854. The molecule has 2 aromatic rings. The molecule has 0 spiro atoms. The Labute approximate surface area is 109 Å². The molecule has 2 N–H and O–H groups in total. The minimum absolute atomic E-state index is 0.318. The lowest BCUT2D eigenvalue weighted by atomic mass is 10.3. The van der Waals surface area contributed by atoms with Gasteiger partial charge in [0.2, 0.25) is 0 Å². The fourth-order valence-corrected chi connectivity index (χ4v) is 2.08. The number of anilines is 1. The summed E-state index contributed by atoms with van der Waals surface area (Å²) in [5.74, 6) is 0. The van der Waals surface area contributed by atoms with Gasteiger partial charge in [0.1, 0.15) is 4.99 Å². The Balaban J connectivity index is 2.09. The summed E-state index contributed by atoms with van der Waals surface area (Å²) in [5.41, 5.74) is 10.0. The molecule has 0 aliphatic heterocycles. The highest BCUT2D eigenvalue weighted by Crippen LogP contribution is 2.14. The van der Waals surface area contributed by atoms with E-state index in [1.807, 2.05) is 30.1 Å². The van der Waals surface area contributed by atoms with Crippen LogP contribution in [-0.2, 0) is 6.54 Å². The second-order valence-electron chi connectivity index (χ2n) is 3.60. The van der Waals surface area contributed by atoms with Crippen LogP contribution in [0.2, 0.25) is 0 Å². The third-order valence-electron chi connectivity index (χ3n) is 2.32. The number of nitrogens with zero attached hydrogens (tertiary/aromatic N) is 3. The monoisotopic (exact) mass is 264 g/mol. The van der Waals surface area contributed by atoms with Crippen molar-refractivity contribution < 1.29 is 0 Å². The van der Waals surface area contributed by atoms with E-state index >= 15 is 0 Å². The first-order chi connectivity index (χ1) is 8.16. The summed E-state index contributed by atoms with van der Waals surface area (Å²) in [6, 6.07) is 3.78. The van der Waals surface area contributed by atoms with Gasteiger partial charge in [-0.1, -0.05) is 12.2 Å². The molecule has 0 saturated carbocycles. The predicted octanol–water partition coefficient (Wildman–Crippen LogP) is 1.81. The summed E-state index contributed by atoms with van der Waals surface area (Å²) >= 11 is 6.45. The fourth-order valence-electron chi connectivity index (χ4n) is 1.41. The van der Waals surface area contributed by atoms with Gasteiger partial charge in [-0.2, -0.15) is 0 Å². The third kappa shape index (κ3) is 2.98. The lowest BCUT2D eigenvalue weighted by molar-refractivity contribution is 0.890. The van der Waals surface area contributed by atoms with Gasteiger partial charge in [-0.25, -0.2) is 4.98 Å². The van der Waals surface area contributed by atoms with Crippen molar-refractivity contribution in [3.8, 4) is 0 Å². The van der Waals surface area contributed by atoms with E-state index in [1.165, 1.54) is 0 Å². The molecule has 0 amide bonds. The van der Waals surface area contributed by atoms with Gasteiger partial charge in [0.15, 0.2) is 0 Å². The van der Waals surface area contributed by atoms with Crippen LogP contribution in [0.1, 0.15) is 11.4 Å². The summed E-state index contributed by atoms with van der Waals surface area (Å²) in [6.07, 6.45) is 1.76. The van der Waals surface area contributed by atoms with E-state index in [0.29, 0.717) is 10.7 Å². The number of pyridine rings is 1. The first-order valence-corrected chi connectivity index (χ1v) is 6.36. The van der Waals surface area contributed by atoms with Crippen molar-refractivity contribution in [3.05, 3.63) is 40.6 Å². The van der Waals surface area contributed by atoms with E-state index in [9.17, 15) is 0 Å². The van der Waals surface area contributed by atoms with E-state index in [1.54, 1.807) is 17.5 Å². The topological polar surface area (TPSA) is 55.0 Å². The van der Waals surface area contributed by atoms with Crippen molar-refractivity contribution in [2.24, 2.45) is 5.73 Å². The largest absolute Gasteiger partial charge is 0.388 e. The SMILES string of the molecule is CN(Cc1cscn1)c1ccc(C(N)=S)nc1. The van der Waals surface area contributed by atoms with Crippen LogP contribution < -0.4 is 10.6 Å². The smallest absolute Gasteiger partial charge is 0.122 e. The summed E-state index contributed by atoms with van der Waals surface area (Å²) < 4.78 is 0. The standard InChI is InChI=1S/C11H12N4S2/c1-15(5-8-6-17-7-14-8)9-2-3-10(11(12)16)13-4-9/h2-4,6-7H,5H2,1H3,(H2,12,16). The molecule has 2 aromatic heterocycles. The molecule has 17 heavy (non-hydrogen) atoms. The molecular weight excluding hydrogens is 252 g/mol. The fraction of sp³-hybridized carbons (Fsp3) is 0.182. The highest BCUT2D eigenvalue weighted by Gasteiger charge is 2.05. The van der Waals surface area contributed by atoms with Crippen LogP contribution in [0.4, 0.5) is 5.69 Å². The number of hydrogen-bond donors (Lipinski definition) is 1. The summed E-state index contributed by atoms with van der Waals surface area (Å²) in [7, 11) is 2.00. The van der Waals surface area contributed by atoms with Crippen LogP contribution in [0.15, 0.2) is 29.2 Å². The molecule has 0 bridgehead atoms. The van der Waals surface area contributed by atoms with Gasteiger partial charge in [0.25, 0.3) is 0 Å². The van der Waals surface area contributed by atoms with Gasteiger partial charge < -0.3 is 10.6 Å². The summed E-state index contributed by atoms with van der Waals surface area (Å²) in [6.45, 7) is 0.762. The second kappa shape index (κ2) is 5.20. The van der Waals surface area contributed by atoms with E-state index < -0.39 is 0 Å². The Kier molecular flexibility index (Phi) is 3.65. The van der Waals surface area contributed by atoms with Crippen molar-refractivity contribution in [1.82, 2.24) is 9.97 Å². The molecular formula is C11H12N4S2. The molecule has 4 nitrogen and oxygen atoms in total. The van der Waals surface area contributed by atoms with Gasteiger partial charge in [0, 0.05) is 12.4 Å². The predicted molar refractivity (Wildman–Crippen MR) is 74.3 cm³/mol. The van der Waals surface area contributed by atoms with Gasteiger partial charge in [-0.15, -0.1) is 11.3 Å². The average molecular weight is 264 g/mol. The molecule has 0 fully saturated rings. The molecule has 2 heterocycles. The van der Waals surface area contributed by atoms with Gasteiger partial charge in [-0.05, 0) is 12.1 Å². The molecule has 88 valence electrons. The minimum atomic E-state index is 0.318. The third-order valence-corrected chi connectivity index (χ3v) is 3.17. The van der Waals surface area contributed by atoms with Crippen LogP contribution in [0.5, 0.6) is 0 Å². The highest BCUT2D eigenvalue weighted by molar-refractivity contribution is 7.80.